The largest absolute Gasteiger partial charge is 0.506 e. The molecule has 0 aromatic carbocycles. The van der Waals surface area contributed by atoms with Gasteiger partial charge in [0.05, 0.1) is 0 Å². The maximum absolute atomic E-state index is 12.1. The fourth-order valence-corrected chi connectivity index (χ4v) is 0.758. The van der Waals surface area contributed by atoms with E-state index in [9.17, 15) is 22.8 Å². The zero-order valence-electron chi connectivity index (χ0n) is 7.32. The van der Waals surface area contributed by atoms with Gasteiger partial charge in [-0.15, -0.1) is 0 Å². The molecule has 0 saturated heterocycles. The average molecular weight is 232 g/mol. The summed E-state index contributed by atoms with van der Waals surface area (Å²) in [5.74, 6) is 0. The first kappa shape index (κ1) is 13.3. The van der Waals surface area contributed by atoms with E-state index in [4.69, 9.17) is 10.2 Å². The summed E-state index contributed by atoms with van der Waals surface area (Å²) in [5, 5.41) is 16.0. The Morgan fingerprint density at radius 3 is 1.80 bits per heavy atom. The first-order valence-corrected chi connectivity index (χ1v) is 3.50. The first-order chi connectivity index (χ1) is 6.64. The summed E-state index contributed by atoms with van der Waals surface area (Å²) in [5.41, 5.74) is 0. The summed E-state index contributed by atoms with van der Waals surface area (Å²) in [6, 6.07) is 0. The van der Waals surface area contributed by atoms with Crippen LogP contribution < -0.4 is 0 Å². The van der Waals surface area contributed by atoms with Crippen LogP contribution in [0.1, 0.15) is 6.92 Å². The molecule has 0 heterocycles. The Hall–Kier alpha value is -1.67. The van der Waals surface area contributed by atoms with Gasteiger partial charge in [-0.1, -0.05) is 0 Å². The van der Waals surface area contributed by atoms with E-state index >= 15 is 0 Å². The third-order valence-electron chi connectivity index (χ3n) is 1.26. The molecule has 0 amide bonds. The van der Waals surface area contributed by atoms with Crippen molar-refractivity contribution in [2.24, 2.45) is 0 Å². The third kappa shape index (κ3) is 4.93. The molecule has 0 bridgehead atoms. The van der Waals surface area contributed by atoms with E-state index in [1.807, 2.05) is 0 Å². The molecular formula is C6H7F3O6. The van der Waals surface area contributed by atoms with Crippen molar-refractivity contribution < 1.29 is 42.4 Å². The molecule has 6 nitrogen and oxygen atoms in total. The number of hydrogen-bond acceptors (Lipinski definition) is 4. The summed E-state index contributed by atoms with van der Waals surface area (Å²) in [7, 11) is 0. The molecule has 0 aliphatic heterocycles. The number of halogens is 3. The van der Waals surface area contributed by atoms with E-state index in [1.54, 1.807) is 0 Å². The maximum Gasteiger partial charge on any atom is 0.506 e. The molecule has 0 fully saturated rings. The van der Waals surface area contributed by atoms with Crippen molar-refractivity contribution in [3.63, 3.8) is 0 Å². The Bertz CT molecular complexity index is 250. The smallest absolute Gasteiger partial charge is 0.450 e. The minimum Gasteiger partial charge on any atom is -0.450 e. The highest BCUT2D eigenvalue weighted by molar-refractivity contribution is 5.58. The minimum absolute atomic E-state index is 0.731. The van der Waals surface area contributed by atoms with Crippen molar-refractivity contribution in [1.29, 1.82) is 0 Å². The number of alkyl halides is 3. The van der Waals surface area contributed by atoms with Crippen molar-refractivity contribution in [2.45, 2.75) is 25.3 Å². The van der Waals surface area contributed by atoms with Gasteiger partial charge in [-0.2, -0.15) is 13.2 Å². The van der Waals surface area contributed by atoms with E-state index in [0.717, 1.165) is 6.92 Å². The van der Waals surface area contributed by atoms with Crippen LogP contribution in [-0.2, 0) is 9.47 Å². The van der Waals surface area contributed by atoms with E-state index in [1.165, 1.54) is 0 Å². The molecule has 0 radical (unpaired) electrons. The number of rotatable bonds is 3. The van der Waals surface area contributed by atoms with E-state index < -0.39 is 30.7 Å². The lowest BCUT2D eigenvalue weighted by Crippen LogP contribution is -2.43. The second kappa shape index (κ2) is 4.71. The number of ether oxygens (including phenoxy) is 2. The molecule has 15 heavy (non-hydrogen) atoms. The Labute approximate surface area is 81.2 Å². The van der Waals surface area contributed by atoms with E-state index in [0.29, 0.717) is 0 Å². The van der Waals surface area contributed by atoms with Crippen molar-refractivity contribution in [3.05, 3.63) is 0 Å². The zero-order valence-corrected chi connectivity index (χ0v) is 7.32. The maximum atomic E-state index is 12.1. The Morgan fingerprint density at radius 2 is 1.53 bits per heavy atom. The van der Waals surface area contributed by atoms with Gasteiger partial charge in [0.2, 0.25) is 6.10 Å². The Morgan fingerprint density at radius 1 is 1.13 bits per heavy atom. The van der Waals surface area contributed by atoms with E-state index in [-0.39, 0.29) is 0 Å². The van der Waals surface area contributed by atoms with Gasteiger partial charge < -0.3 is 19.7 Å². The van der Waals surface area contributed by atoms with Gasteiger partial charge in [0.15, 0.2) is 0 Å². The van der Waals surface area contributed by atoms with Crippen LogP contribution in [0.2, 0.25) is 0 Å². The van der Waals surface area contributed by atoms with Gasteiger partial charge in [0.1, 0.15) is 6.10 Å². The lowest BCUT2D eigenvalue weighted by Gasteiger charge is -2.23. The van der Waals surface area contributed by atoms with Gasteiger partial charge in [0, 0.05) is 0 Å². The van der Waals surface area contributed by atoms with Gasteiger partial charge in [0.25, 0.3) is 0 Å². The second-order valence-electron chi connectivity index (χ2n) is 2.43. The van der Waals surface area contributed by atoms with Crippen LogP contribution >= 0.6 is 0 Å². The van der Waals surface area contributed by atoms with Gasteiger partial charge in [-0.25, -0.2) is 9.59 Å². The molecule has 0 saturated carbocycles. The van der Waals surface area contributed by atoms with Crippen LogP contribution in [0.15, 0.2) is 0 Å². The highest BCUT2D eigenvalue weighted by Crippen LogP contribution is 2.26. The highest BCUT2D eigenvalue weighted by atomic mass is 19.4. The number of hydrogen-bond donors (Lipinski definition) is 2. The molecule has 0 rings (SSSR count). The highest BCUT2D eigenvalue weighted by Gasteiger charge is 2.48. The molecule has 2 N–H and O–H groups in total. The molecule has 0 aliphatic rings. The molecule has 2 unspecified atom stereocenters. The first-order valence-electron chi connectivity index (χ1n) is 3.50. The Kier molecular flexibility index (Phi) is 4.19. The zero-order chi connectivity index (χ0) is 12.2. The fraction of sp³-hybridized carbons (Fsp3) is 0.667. The van der Waals surface area contributed by atoms with Crippen LogP contribution in [0.25, 0.3) is 0 Å². The second-order valence-corrected chi connectivity index (χ2v) is 2.43. The molecule has 0 aromatic heterocycles. The molecule has 88 valence electrons. The molecular weight excluding hydrogens is 225 g/mol. The Balaban J connectivity index is 4.62. The van der Waals surface area contributed by atoms with Gasteiger partial charge in [-0.3, -0.25) is 0 Å². The summed E-state index contributed by atoms with van der Waals surface area (Å²) in [6.45, 7) is 0.731. The SMILES string of the molecule is CC(OC(=O)O)C(OC(=O)O)C(F)(F)F. The van der Waals surface area contributed by atoms with Crippen molar-refractivity contribution in [2.75, 3.05) is 0 Å². The molecule has 2 atom stereocenters. The fourth-order valence-electron chi connectivity index (χ4n) is 0.758. The van der Waals surface area contributed by atoms with Gasteiger partial charge >= 0.3 is 18.5 Å². The molecule has 0 aliphatic carbocycles. The predicted molar refractivity (Wildman–Crippen MR) is 37.5 cm³/mol. The van der Waals surface area contributed by atoms with Crippen LogP contribution in [0, 0.1) is 0 Å². The number of carboxylic acid groups (broad SMARTS) is 2. The monoisotopic (exact) mass is 232 g/mol. The van der Waals surface area contributed by atoms with Crippen LogP contribution in [0.4, 0.5) is 22.8 Å². The number of carbonyl (C=O) groups is 2. The van der Waals surface area contributed by atoms with Crippen molar-refractivity contribution in [1.82, 2.24) is 0 Å². The standard InChI is InChI=1S/C6H7F3O6/c1-2(14-4(10)11)3(6(7,8)9)15-5(12)13/h2-3H,1H3,(H,10,11)(H,12,13). The normalized spacial score (nSPS) is 15.2. The summed E-state index contributed by atoms with van der Waals surface area (Å²) in [6.07, 6.45) is -14.0. The summed E-state index contributed by atoms with van der Waals surface area (Å²) >= 11 is 0. The lowest BCUT2D eigenvalue weighted by molar-refractivity contribution is -0.231. The topological polar surface area (TPSA) is 93.1 Å². The summed E-state index contributed by atoms with van der Waals surface area (Å²) < 4.78 is 43.6. The summed E-state index contributed by atoms with van der Waals surface area (Å²) in [4.78, 5) is 19.9. The van der Waals surface area contributed by atoms with E-state index in [2.05, 4.69) is 9.47 Å². The van der Waals surface area contributed by atoms with Gasteiger partial charge in [-0.05, 0) is 6.92 Å². The molecule has 0 aromatic rings. The molecule has 0 spiro atoms. The van der Waals surface area contributed by atoms with Crippen molar-refractivity contribution >= 4 is 12.3 Å². The molecule has 9 heteroatoms. The lowest BCUT2D eigenvalue weighted by atomic mass is 10.2. The quantitative estimate of drug-likeness (QED) is 0.719. The van der Waals surface area contributed by atoms with Crippen LogP contribution in [0.3, 0.4) is 0 Å². The predicted octanol–water partition coefficient (Wildman–Crippen LogP) is 1.69. The average Bonchev–Trinajstić information content (AvgIpc) is 1.95. The van der Waals surface area contributed by atoms with Crippen LogP contribution in [-0.4, -0.2) is 40.9 Å². The van der Waals surface area contributed by atoms with Crippen LogP contribution in [0.5, 0.6) is 0 Å². The van der Waals surface area contributed by atoms with Crippen molar-refractivity contribution in [3.8, 4) is 0 Å². The third-order valence-corrected chi connectivity index (χ3v) is 1.26. The minimum atomic E-state index is -5.03.